The van der Waals surface area contributed by atoms with E-state index in [4.69, 9.17) is 24.4 Å². The maximum Gasteiger partial charge on any atom is 0.331 e. The Bertz CT molecular complexity index is 1940. The molecule has 2 fully saturated rings. The number of rotatable bonds is 10. The third kappa shape index (κ3) is 10.2. The Morgan fingerprint density at radius 2 is 1.04 bits per heavy atom. The normalized spacial score (nSPS) is 18.0. The van der Waals surface area contributed by atoms with Gasteiger partial charge in [0.2, 0.25) is 0 Å². The highest BCUT2D eigenvalue weighted by Crippen LogP contribution is 2.38. The van der Waals surface area contributed by atoms with E-state index in [-0.39, 0.29) is 22.1 Å². The molecule has 262 valence electrons. The summed E-state index contributed by atoms with van der Waals surface area (Å²) in [7, 11) is 0. The fourth-order valence-corrected chi connectivity index (χ4v) is 8.02. The van der Waals surface area contributed by atoms with E-state index in [2.05, 4.69) is 0 Å². The summed E-state index contributed by atoms with van der Waals surface area (Å²) in [6.07, 6.45) is 7.42. The SMILES string of the molecule is CC(=C\c1ccccc1)/C=C1/SC(=S)N(C(C(=O)O)C(C)C)C1=O.CC(=C\c1ccccc1)/C=C1/SC(=S)N(C(C(=O)O)c2ccccc2)C1=O. The van der Waals surface area contributed by atoms with Gasteiger partial charge in [-0.1, -0.05) is 165 Å². The van der Waals surface area contributed by atoms with Crippen LogP contribution in [0.15, 0.2) is 124 Å². The van der Waals surface area contributed by atoms with Gasteiger partial charge in [-0.2, -0.15) is 0 Å². The van der Waals surface area contributed by atoms with Crippen LogP contribution >= 0.6 is 48.0 Å². The molecule has 0 aliphatic carbocycles. The van der Waals surface area contributed by atoms with Gasteiger partial charge in [0.25, 0.3) is 11.8 Å². The molecule has 0 spiro atoms. The zero-order valence-electron chi connectivity index (χ0n) is 28.3. The summed E-state index contributed by atoms with van der Waals surface area (Å²) in [6, 6.07) is 26.1. The summed E-state index contributed by atoms with van der Waals surface area (Å²) in [5, 5.41) is 19.1. The number of thiocarbonyl (C=S) groups is 2. The molecule has 0 bridgehead atoms. The lowest BCUT2D eigenvalue weighted by molar-refractivity contribution is -0.146. The molecule has 2 atom stereocenters. The van der Waals surface area contributed by atoms with Gasteiger partial charge in [-0.3, -0.25) is 19.4 Å². The molecule has 2 heterocycles. The van der Waals surface area contributed by atoms with Crippen molar-refractivity contribution in [2.24, 2.45) is 5.92 Å². The van der Waals surface area contributed by atoms with E-state index in [1.807, 2.05) is 86.7 Å². The first-order valence-corrected chi connectivity index (χ1v) is 18.2. The smallest absolute Gasteiger partial charge is 0.331 e. The van der Waals surface area contributed by atoms with Crippen molar-refractivity contribution >= 4 is 92.5 Å². The van der Waals surface area contributed by atoms with Gasteiger partial charge >= 0.3 is 11.9 Å². The van der Waals surface area contributed by atoms with Crippen LogP contribution < -0.4 is 0 Å². The summed E-state index contributed by atoms with van der Waals surface area (Å²) in [6.45, 7) is 7.32. The molecule has 5 rings (SSSR count). The number of carbonyl (C=O) groups is 4. The number of benzene rings is 3. The molecule has 3 aromatic carbocycles. The first-order chi connectivity index (χ1) is 24.3. The van der Waals surface area contributed by atoms with Gasteiger partial charge in [0.05, 0.1) is 9.81 Å². The summed E-state index contributed by atoms with van der Waals surface area (Å²) >= 11 is 12.8. The van der Waals surface area contributed by atoms with E-state index in [9.17, 15) is 29.4 Å². The lowest BCUT2D eigenvalue weighted by atomic mass is 10.0. The second-order valence-electron chi connectivity index (χ2n) is 11.9. The number of carboxylic acid groups (broad SMARTS) is 2. The number of thioether (sulfide) groups is 2. The van der Waals surface area contributed by atoms with Gasteiger partial charge < -0.3 is 10.2 Å². The van der Waals surface area contributed by atoms with Crippen molar-refractivity contribution < 1.29 is 29.4 Å². The number of carbonyl (C=O) groups excluding carboxylic acids is 2. The average molecular weight is 757 g/mol. The van der Waals surface area contributed by atoms with Crippen LogP contribution in [0.4, 0.5) is 0 Å². The average Bonchev–Trinajstić information content (AvgIpc) is 3.50. The molecule has 51 heavy (non-hydrogen) atoms. The summed E-state index contributed by atoms with van der Waals surface area (Å²) < 4.78 is 0.537. The number of amides is 2. The number of nitrogens with zero attached hydrogens (tertiary/aromatic N) is 2. The van der Waals surface area contributed by atoms with Gasteiger partial charge in [0, 0.05) is 0 Å². The number of hydrogen-bond acceptors (Lipinski definition) is 8. The van der Waals surface area contributed by atoms with E-state index < -0.39 is 24.0 Å². The third-order valence-corrected chi connectivity index (χ3v) is 10.2. The minimum absolute atomic E-state index is 0.231. The fraction of sp³-hybridized carbons (Fsp3) is 0.179. The molecule has 12 heteroatoms. The van der Waals surface area contributed by atoms with Gasteiger partial charge in [-0.05, 0) is 59.8 Å². The lowest BCUT2D eigenvalue weighted by Gasteiger charge is -2.26. The molecule has 3 aromatic rings. The van der Waals surface area contributed by atoms with E-state index in [0.29, 0.717) is 19.7 Å². The maximum absolute atomic E-state index is 12.9. The van der Waals surface area contributed by atoms with Gasteiger partial charge in [0.15, 0.2) is 6.04 Å². The van der Waals surface area contributed by atoms with Crippen LogP contribution in [-0.2, 0) is 19.2 Å². The third-order valence-electron chi connectivity index (χ3n) is 7.52. The highest BCUT2D eigenvalue weighted by Gasteiger charge is 2.42. The van der Waals surface area contributed by atoms with Crippen molar-refractivity contribution in [1.82, 2.24) is 9.80 Å². The Morgan fingerprint density at radius 1 is 0.647 bits per heavy atom. The molecule has 2 aliphatic rings. The number of carboxylic acids is 2. The monoisotopic (exact) mass is 756 g/mol. The zero-order valence-corrected chi connectivity index (χ0v) is 31.5. The molecule has 2 aliphatic heterocycles. The first kappa shape index (κ1) is 39.2. The van der Waals surface area contributed by atoms with Crippen molar-refractivity contribution in [3.8, 4) is 0 Å². The second kappa shape index (κ2) is 18.0. The fourth-order valence-electron chi connectivity index (χ4n) is 5.27. The van der Waals surface area contributed by atoms with Crippen molar-refractivity contribution in [2.45, 2.75) is 39.8 Å². The van der Waals surface area contributed by atoms with Crippen molar-refractivity contribution in [3.05, 3.63) is 141 Å². The maximum atomic E-state index is 12.9. The number of hydrogen-bond donors (Lipinski definition) is 2. The summed E-state index contributed by atoms with van der Waals surface area (Å²) in [4.78, 5) is 52.1. The minimum Gasteiger partial charge on any atom is -0.480 e. The number of aliphatic carboxylic acids is 2. The second-order valence-corrected chi connectivity index (χ2v) is 15.2. The Balaban J connectivity index is 0.000000230. The summed E-state index contributed by atoms with van der Waals surface area (Å²) in [5.74, 6) is -3.12. The molecule has 0 saturated carbocycles. The molecular formula is C39H36N2O6S4. The van der Waals surface area contributed by atoms with Crippen LogP contribution in [0.5, 0.6) is 0 Å². The molecule has 8 nitrogen and oxygen atoms in total. The van der Waals surface area contributed by atoms with Gasteiger partial charge in [-0.15, -0.1) is 0 Å². The van der Waals surface area contributed by atoms with E-state index in [1.54, 1.807) is 56.3 Å². The minimum atomic E-state index is -1.14. The Kier molecular flexibility index (Phi) is 13.9. The number of allylic oxidation sites excluding steroid dienone is 4. The topological polar surface area (TPSA) is 115 Å². The molecule has 2 saturated heterocycles. The molecule has 0 aromatic heterocycles. The van der Waals surface area contributed by atoms with Gasteiger partial charge in [0.1, 0.15) is 14.7 Å². The van der Waals surface area contributed by atoms with Crippen LogP contribution in [0.2, 0.25) is 0 Å². The van der Waals surface area contributed by atoms with Crippen molar-refractivity contribution in [2.75, 3.05) is 0 Å². The highest BCUT2D eigenvalue weighted by molar-refractivity contribution is 8.27. The van der Waals surface area contributed by atoms with E-state index in [0.717, 1.165) is 45.8 Å². The molecule has 2 N–H and O–H groups in total. The van der Waals surface area contributed by atoms with Crippen molar-refractivity contribution in [3.63, 3.8) is 0 Å². The van der Waals surface area contributed by atoms with Crippen LogP contribution in [0.25, 0.3) is 12.2 Å². The highest BCUT2D eigenvalue weighted by atomic mass is 32.2. The predicted octanol–water partition coefficient (Wildman–Crippen LogP) is 8.60. The van der Waals surface area contributed by atoms with Crippen LogP contribution in [0.3, 0.4) is 0 Å². The quantitative estimate of drug-likeness (QED) is 0.154. The van der Waals surface area contributed by atoms with Crippen LogP contribution in [-0.4, -0.2) is 58.4 Å². The van der Waals surface area contributed by atoms with E-state index in [1.165, 1.54) is 9.80 Å². The Morgan fingerprint density at radius 3 is 1.43 bits per heavy atom. The largest absolute Gasteiger partial charge is 0.480 e. The molecule has 0 radical (unpaired) electrons. The molecular weight excluding hydrogens is 721 g/mol. The van der Waals surface area contributed by atoms with Crippen LogP contribution in [0.1, 0.15) is 50.4 Å². The predicted molar refractivity (Wildman–Crippen MR) is 214 cm³/mol. The van der Waals surface area contributed by atoms with E-state index >= 15 is 0 Å². The standard InChI is InChI=1S/C21H17NO3S2.C18H19NO3S2/c1-14(12-15-8-4-2-5-9-15)13-17-19(23)22(21(26)27-17)18(20(24)25)16-10-6-3-7-11-16;1-11(2)15(17(21)22)19-16(20)14(24-18(19)23)10-12(3)9-13-7-5-4-6-8-13/h2-13,18H,1H3,(H,24,25);4-11,15H,1-3H3,(H,21,22)/b14-12+,17-13+;12-9+,14-10+. The van der Waals surface area contributed by atoms with Gasteiger partial charge in [-0.25, -0.2) is 9.59 Å². The summed E-state index contributed by atoms with van der Waals surface area (Å²) in [5.41, 5.74) is 4.35. The molecule has 2 unspecified atom stereocenters. The Hall–Kier alpha value is -4.62. The lowest BCUT2D eigenvalue weighted by Crippen LogP contribution is -2.47. The Labute approximate surface area is 316 Å². The van der Waals surface area contributed by atoms with Crippen LogP contribution in [0, 0.1) is 5.92 Å². The zero-order chi connectivity index (χ0) is 37.2. The first-order valence-electron chi connectivity index (χ1n) is 15.8. The molecule has 2 amide bonds. The van der Waals surface area contributed by atoms with Crippen molar-refractivity contribution in [1.29, 1.82) is 0 Å².